The van der Waals surface area contributed by atoms with Crippen LogP contribution in [0.15, 0.2) is 48.5 Å². The monoisotopic (exact) mass is 357 g/mol. The Morgan fingerprint density at radius 1 is 1.08 bits per heavy atom. The Morgan fingerprint density at radius 3 is 2.56 bits per heavy atom. The van der Waals surface area contributed by atoms with E-state index in [1.54, 1.807) is 24.3 Å². The maximum Gasteiger partial charge on any atom is 0.255 e. The van der Waals surface area contributed by atoms with Crippen molar-refractivity contribution in [3.05, 3.63) is 59.1 Å². The van der Waals surface area contributed by atoms with Gasteiger partial charge >= 0.3 is 0 Å². The van der Waals surface area contributed by atoms with Gasteiger partial charge in [0.2, 0.25) is 0 Å². The van der Waals surface area contributed by atoms with Crippen molar-refractivity contribution >= 4 is 23.2 Å². The zero-order chi connectivity index (χ0) is 17.5. The third-order valence-corrected chi connectivity index (χ3v) is 4.95. The van der Waals surface area contributed by atoms with Gasteiger partial charge in [-0.2, -0.15) is 0 Å². The number of anilines is 1. The number of carbonyl (C=O) groups excluding carboxylic acids is 1. The molecule has 1 fully saturated rings. The minimum absolute atomic E-state index is 0.173. The summed E-state index contributed by atoms with van der Waals surface area (Å²) in [6.45, 7) is 0.763. The second kappa shape index (κ2) is 8.91. The maximum atomic E-state index is 12.2. The van der Waals surface area contributed by atoms with Gasteiger partial charge in [0.25, 0.3) is 5.91 Å². The summed E-state index contributed by atoms with van der Waals surface area (Å²) in [6, 6.07) is 14.4. The lowest BCUT2D eigenvalue weighted by Gasteiger charge is -2.21. The molecule has 1 aliphatic carbocycles. The number of hydrogen-bond acceptors (Lipinski definition) is 2. The van der Waals surface area contributed by atoms with E-state index in [0.717, 1.165) is 30.4 Å². The number of nitrogens with one attached hydrogen (secondary N) is 1. The van der Waals surface area contributed by atoms with Crippen molar-refractivity contribution in [2.24, 2.45) is 5.92 Å². The molecule has 0 unspecified atom stereocenters. The standard InChI is InChI=1S/C21H24ClNO2/c22-18-8-4-7-17(15-18)21(24)23-19-9-11-20(12-10-19)25-14-13-16-5-2-1-3-6-16/h4,7-12,15-16H,1-3,5-6,13-14H2,(H,23,24). The predicted octanol–water partition coefficient (Wildman–Crippen LogP) is 5.94. The lowest BCUT2D eigenvalue weighted by Crippen LogP contribution is -2.12. The van der Waals surface area contributed by atoms with E-state index in [1.807, 2.05) is 24.3 Å². The molecule has 25 heavy (non-hydrogen) atoms. The number of benzene rings is 2. The van der Waals surface area contributed by atoms with Crippen LogP contribution in [-0.4, -0.2) is 12.5 Å². The molecule has 1 aliphatic rings. The van der Waals surface area contributed by atoms with Crippen LogP contribution in [0.1, 0.15) is 48.9 Å². The van der Waals surface area contributed by atoms with Crippen LogP contribution in [0.2, 0.25) is 5.02 Å². The van der Waals surface area contributed by atoms with Gasteiger partial charge in [-0.1, -0.05) is 49.8 Å². The van der Waals surface area contributed by atoms with Crippen LogP contribution in [0.4, 0.5) is 5.69 Å². The van der Waals surface area contributed by atoms with Crippen LogP contribution in [0, 0.1) is 5.92 Å². The first-order valence-electron chi connectivity index (χ1n) is 9.00. The van der Waals surface area contributed by atoms with Crippen molar-refractivity contribution in [3.8, 4) is 5.75 Å². The Labute approximate surface area is 154 Å². The molecular weight excluding hydrogens is 334 g/mol. The summed E-state index contributed by atoms with van der Waals surface area (Å²) in [4.78, 5) is 12.2. The highest BCUT2D eigenvalue weighted by molar-refractivity contribution is 6.31. The number of amides is 1. The molecule has 4 heteroatoms. The molecular formula is C21H24ClNO2. The number of rotatable bonds is 6. The molecule has 3 nitrogen and oxygen atoms in total. The number of ether oxygens (including phenoxy) is 1. The molecule has 1 N–H and O–H groups in total. The fourth-order valence-electron chi connectivity index (χ4n) is 3.29. The summed E-state index contributed by atoms with van der Waals surface area (Å²) in [5.74, 6) is 1.50. The zero-order valence-electron chi connectivity index (χ0n) is 14.3. The van der Waals surface area contributed by atoms with E-state index >= 15 is 0 Å². The quantitative estimate of drug-likeness (QED) is 0.694. The highest BCUT2D eigenvalue weighted by Crippen LogP contribution is 2.26. The highest BCUT2D eigenvalue weighted by atomic mass is 35.5. The second-order valence-electron chi connectivity index (χ2n) is 6.63. The van der Waals surface area contributed by atoms with E-state index in [0.29, 0.717) is 10.6 Å². The summed E-state index contributed by atoms with van der Waals surface area (Å²) >= 11 is 5.92. The summed E-state index contributed by atoms with van der Waals surface area (Å²) in [7, 11) is 0. The Morgan fingerprint density at radius 2 is 1.84 bits per heavy atom. The Hall–Kier alpha value is -2.00. The van der Waals surface area contributed by atoms with Crippen LogP contribution in [0.5, 0.6) is 5.75 Å². The third kappa shape index (κ3) is 5.50. The largest absolute Gasteiger partial charge is 0.494 e. The van der Waals surface area contributed by atoms with Gasteiger partial charge in [0.05, 0.1) is 6.61 Å². The molecule has 2 aromatic carbocycles. The molecule has 0 saturated heterocycles. The molecule has 0 radical (unpaired) electrons. The molecule has 0 heterocycles. The number of hydrogen-bond donors (Lipinski definition) is 1. The predicted molar refractivity (Wildman–Crippen MR) is 103 cm³/mol. The molecule has 0 aliphatic heterocycles. The van der Waals surface area contributed by atoms with Gasteiger partial charge in [0.15, 0.2) is 0 Å². The minimum atomic E-state index is -0.173. The smallest absolute Gasteiger partial charge is 0.255 e. The fourth-order valence-corrected chi connectivity index (χ4v) is 3.48. The van der Waals surface area contributed by atoms with Gasteiger partial charge in [0.1, 0.15) is 5.75 Å². The van der Waals surface area contributed by atoms with E-state index in [2.05, 4.69) is 5.32 Å². The van der Waals surface area contributed by atoms with Crippen LogP contribution in [0.3, 0.4) is 0 Å². The van der Waals surface area contributed by atoms with E-state index in [4.69, 9.17) is 16.3 Å². The van der Waals surface area contributed by atoms with E-state index in [9.17, 15) is 4.79 Å². The lowest BCUT2D eigenvalue weighted by atomic mass is 9.87. The first kappa shape index (κ1) is 17.8. The first-order valence-corrected chi connectivity index (χ1v) is 9.38. The molecule has 1 saturated carbocycles. The summed E-state index contributed by atoms with van der Waals surface area (Å²) in [5, 5.41) is 3.42. The topological polar surface area (TPSA) is 38.3 Å². The Kier molecular flexibility index (Phi) is 6.35. The number of halogens is 1. The van der Waals surface area contributed by atoms with Crippen molar-refractivity contribution < 1.29 is 9.53 Å². The lowest BCUT2D eigenvalue weighted by molar-refractivity contribution is 0.102. The van der Waals surface area contributed by atoms with Crippen LogP contribution in [-0.2, 0) is 0 Å². The molecule has 2 aromatic rings. The maximum absolute atomic E-state index is 12.2. The SMILES string of the molecule is O=C(Nc1ccc(OCCC2CCCCC2)cc1)c1cccc(Cl)c1. The summed E-state index contributed by atoms with van der Waals surface area (Å²) < 4.78 is 5.84. The van der Waals surface area contributed by atoms with Gasteiger partial charge in [-0.3, -0.25) is 4.79 Å². The molecule has 0 atom stereocenters. The summed E-state index contributed by atoms with van der Waals surface area (Å²) in [5.41, 5.74) is 1.28. The van der Waals surface area contributed by atoms with Crippen molar-refractivity contribution in [2.45, 2.75) is 38.5 Å². The van der Waals surface area contributed by atoms with Gasteiger partial charge in [0, 0.05) is 16.3 Å². The zero-order valence-corrected chi connectivity index (χ0v) is 15.1. The van der Waals surface area contributed by atoms with Gasteiger partial charge in [-0.05, 0) is 54.8 Å². The van der Waals surface area contributed by atoms with Gasteiger partial charge < -0.3 is 10.1 Å². The molecule has 0 bridgehead atoms. The molecule has 0 spiro atoms. The van der Waals surface area contributed by atoms with Crippen LogP contribution >= 0.6 is 11.6 Å². The van der Waals surface area contributed by atoms with Crippen molar-refractivity contribution in [3.63, 3.8) is 0 Å². The average molecular weight is 358 g/mol. The van der Waals surface area contributed by atoms with Crippen LogP contribution < -0.4 is 10.1 Å². The van der Waals surface area contributed by atoms with E-state index in [-0.39, 0.29) is 5.91 Å². The van der Waals surface area contributed by atoms with Crippen molar-refractivity contribution in [2.75, 3.05) is 11.9 Å². The first-order chi connectivity index (χ1) is 12.2. The van der Waals surface area contributed by atoms with Crippen LogP contribution in [0.25, 0.3) is 0 Å². The minimum Gasteiger partial charge on any atom is -0.494 e. The summed E-state index contributed by atoms with van der Waals surface area (Å²) in [6.07, 6.45) is 7.94. The normalized spacial score (nSPS) is 14.9. The highest BCUT2D eigenvalue weighted by Gasteiger charge is 2.13. The number of carbonyl (C=O) groups is 1. The van der Waals surface area contributed by atoms with Gasteiger partial charge in [-0.15, -0.1) is 0 Å². The van der Waals surface area contributed by atoms with Gasteiger partial charge in [-0.25, -0.2) is 0 Å². The molecule has 0 aromatic heterocycles. The van der Waals surface area contributed by atoms with Crippen molar-refractivity contribution in [1.29, 1.82) is 0 Å². The van der Waals surface area contributed by atoms with E-state index in [1.165, 1.54) is 32.1 Å². The molecule has 132 valence electrons. The molecule has 1 amide bonds. The Balaban J connectivity index is 1.47. The fraction of sp³-hybridized carbons (Fsp3) is 0.381. The van der Waals surface area contributed by atoms with Crippen molar-refractivity contribution in [1.82, 2.24) is 0 Å². The second-order valence-corrected chi connectivity index (χ2v) is 7.07. The Bertz CT molecular complexity index is 693. The third-order valence-electron chi connectivity index (χ3n) is 4.72. The van der Waals surface area contributed by atoms with E-state index < -0.39 is 0 Å². The average Bonchev–Trinajstić information content (AvgIpc) is 2.64. The molecule has 3 rings (SSSR count).